The highest BCUT2D eigenvalue weighted by atomic mass is 16.5. The lowest BCUT2D eigenvalue weighted by atomic mass is 10.0. The number of aryl methyl sites for hydroxylation is 1. The van der Waals surface area contributed by atoms with Gasteiger partial charge >= 0.3 is 5.97 Å². The van der Waals surface area contributed by atoms with Crippen LogP contribution in [0, 0.1) is 6.92 Å². The smallest absolute Gasteiger partial charge is 0.379 e. The molecule has 23 heavy (non-hydrogen) atoms. The van der Waals surface area contributed by atoms with E-state index in [4.69, 9.17) is 4.74 Å². The number of ether oxygens (including phenoxy) is 1. The number of carbonyl (C=O) groups is 2. The molecule has 0 saturated carbocycles. The molecule has 0 fully saturated rings. The van der Waals surface area contributed by atoms with Crippen molar-refractivity contribution in [3.05, 3.63) is 59.7 Å². The van der Waals surface area contributed by atoms with Crippen LogP contribution in [-0.2, 0) is 9.53 Å². The highest BCUT2D eigenvalue weighted by Gasteiger charge is 2.26. The molecule has 0 amide bonds. The van der Waals surface area contributed by atoms with Crippen LogP contribution in [0.3, 0.4) is 0 Å². The average Bonchev–Trinajstić information content (AvgIpc) is 2.93. The van der Waals surface area contributed by atoms with E-state index in [-0.39, 0.29) is 6.61 Å². The molecule has 0 aliphatic rings. The van der Waals surface area contributed by atoms with Gasteiger partial charge in [0.05, 0.1) is 17.9 Å². The number of fused-ring (bicyclic) bond motifs is 1. The largest absolute Gasteiger partial charge is 0.460 e. The van der Waals surface area contributed by atoms with Crippen LogP contribution in [0.4, 0.5) is 0 Å². The van der Waals surface area contributed by atoms with E-state index in [2.05, 4.69) is 4.98 Å². The summed E-state index contributed by atoms with van der Waals surface area (Å²) in [6.45, 7) is 3.81. The maximum absolute atomic E-state index is 12.6. The second-order valence-electron chi connectivity index (χ2n) is 5.34. The molecule has 1 heterocycles. The molecule has 1 N–H and O–H groups in total. The minimum absolute atomic E-state index is 0.173. The van der Waals surface area contributed by atoms with Crippen LogP contribution in [0.15, 0.2) is 48.5 Å². The minimum Gasteiger partial charge on any atom is -0.460 e. The maximum Gasteiger partial charge on any atom is 0.379 e. The van der Waals surface area contributed by atoms with Crippen LogP contribution in [0.25, 0.3) is 22.2 Å². The van der Waals surface area contributed by atoms with Crippen molar-refractivity contribution < 1.29 is 14.3 Å². The number of carbonyl (C=O) groups excluding carboxylic acids is 2. The van der Waals surface area contributed by atoms with E-state index in [1.165, 1.54) is 0 Å². The van der Waals surface area contributed by atoms with Gasteiger partial charge in [-0.15, -0.1) is 0 Å². The molecule has 4 nitrogen and oxygen atoms in total. The molecule has 1 aromatic heterocycles. The lowest BCUT2D eigenvalue weighted by Gasteiger charge is -2.04. The first-order chi connectivity index (χ1) is 11.1. The average molecular weight is 307 g/mol. The summed E-state index contributed by atoms with van der Waals surface area (Å²) >= 11 is 0. The highest BCUT2D eigenvalue weighted by Crippen LogP contribution is 2.31. The Bertz CT molecular complexity index is 878. The molecule has 0 bridgehead atoms. The number of nitrogens with one attached hydrogen (secondary N) is 1. The molecule has 0 atom stereocenters. The summed E-state index contributed by atoms with van der Waals surface area (Å²) in [5, 5.41) is 0.738. The summed E-state index contributed by atoms with van der Waals surface area (Å²) in [6.07, 6.45) is 0. The number of Topliss-reactive ketones (excluding diaryl/α,β-unsaturated/α-hetero) is 1. The predicted octanol–water partition coefficient (Wildman–Crippen LogP) is 3.89. The third kappa shape index (κ3) is 2.75. The van der Waals surface area contributed by atoms with Crippen molar-refractivity contribution in [3.63, 3.8) is 0 Å². The van der Waals surface area contributed by atoms with Crippen molar-refractivity contribution in [1.29, 1.82) is 0 Å². The Kier molecular flexibility index (Phi) is 3.98. The Morgan fingerprint density at radius 3 is 2.52 bits per heavy atom. The summed E-state index contributed by atoms with van der Waals surface area (Å²) < 4.78 is 4.90. The van der Waals surface area contributed by atoms with E-state index in [9.17, 15) is 9.59 Å². The maximum atomic E-state index is 12.6. The first-order valence-corrected chi connectivity index (χ1v) is 7.51. The Morgan fingerprint density at radius 2 is 1.83 bits per heavy atom. The summed E-state index contributed by atoms with van der Waals surface area (Å²) in [5.41, 5.74) is 3.71. The van der Waals surface area contributed by atoms with Gasteiger partial charge in [0.1, 0.15) is 0 Å². The fourth-order valence-electron chi connectivity index (χ4n) is 2.66. The van der Waals surface area contributed by atoms with Gasteiger partial charge in [0.2, 0.25) is 0 Å². The molecule has 0 saturated heterocycles. The molecule has 3 aromatic rings. The van der Waals surface area contributed by atoms with Crippen molar-refractivity contribution in [1.82, 2.24) is 4.98 Å². The van der Waals surface area contributed by atoms with Crippen molar-refractivity contribution in [2.45, 2.75) is 13.8 Å². The normalized spacial score (nSPS) is 10.7. The van der Waals surface area contributed by atoms with Crippen LogP contribution >= 0.6 is 0 Å². The standard InChI is InChI=1S/C19H17NO3/c1-3-23-19(22)18(21)16-14-11-12(2)9-10-15(14)20-17(16)13-7-5-4-6-8-13/h4-11,20H,3H2,1-2H3. The highest BCUT2D eigenvalue weighted by molar-refractivity contribution is 6.44. The number of benzene rings is 2. The van der Waals surface area contributed by atoms with Gasteiger partial charge in [-0.3, -0.25) is 4.79 Å². The Morgan fingerprint density at radius 1 is 1.09 bits per heavy atom. The van der Waals surface area contributed by atoms with Gasteiger partial charge in [-0.25, -0.2) is 4.79 Å². The van der Waals surface area contributed by atoms with Crippen molar-refractivity contribution in [3.8, 4) is 11.3 Å². The molecule has 0 aliphatic carbocycles. The van der Waals surface area contributed by atoms with Crippen LogP contribution in [0.2, 0.25) is 0 Å². The predicted molar refractivity (Wildman–Crippen MR) is 89.4 cm³/mol. The monoisotopic (exact) mass is 307 g/mol. The summed E-state index contributed by atoms with van der Waals surface area (Å²) in [5.74, 6) is -1.45. The van der Waals surface area contributed by atoms with E-state index >= 15 is 0 Å². The van der Waals surface area contributed by atoms with Crippen LogP contribution < -0.4 is 0 Å². The summed E-state index contributed by atoms with van der Waals surface area (Å²) in [7, 11) is 0. The zero-order valence-corrected chi connectivity index (χ0v) is 13.1. The second-order valence-corrected chi connectivity index (χ2v) is 5.34. The zero-order chi connectivity index (χ0) is 16.4. The number of hydrogen-bond donors (Lipinski definition) is 1. The number of rotatable bonds is 4. The molecule has 3 rings (SSSR count). The topological polar surface area (TPSA) is 59.2 Å². The fourth-order valence-corrected chi connectivity index (χ4v) is 2.66. The molecule has 4 heteroatoms. The van der Waals surface area contributed by atoms with Gasteiger partial charge in [-0.05, 0) is 31.5 Å². The number of aromatic nitrogens is 1. The molecule has 0 radical (unpaired) electrons. The Balaban J connectivity index is 2.25. The van der Waals surface area contributed by atoms with Gasteiger partial charge in [0.25, 0.3) is 5.78 Å². The van der Waals surface area contributed by atoms with E-state index in [0.717, 1.165) is 22.0 Å². The number of aromatic amines is 1. The van der Waals surface area contributed by atoms with Gasteiger partial charge in [0.15, 0.2) is 0 Å². The van der Waals surface area contributed by atoms with Gasteiger partial charge in [-0.1, -0.05) is 42.0 Å². The van der Waals surface area contributed by atoms with E-state index in [0.29, 0.717) is 11.3 Å². The van der Waals surface area contributed by atoms with Crippen LogP contribution in [0.1, 0.15) is 22.8 Å². The van der Waals surface area contributed by atoms with Crippen LogP contribution in [0.5, 0.6) is 0 Å². The fraction of sp³-hybridized carbons (Fsp3) is 0.158. The van der Waals surface area contributed by atoms with E-state index in [1.54, 1.807) is 6.92 Å². The molecular weight excluding hydrogens is 290 g/mol. The van der Waals surface area contributed by atoms with Gasteiger partial charge < -0.3 is 9.72 Å². The minimum atomic E-state index is -0.827. The summed E-state index contributed by atoms with van der Waals surface area (Å²) in [6, 6.07) is 15.3. The van der Waals surface area contributed by atoms with Gasteiger partial charge in [0, 0.05) is 10.9 Å². The quantitative estimate of drug-likeness (QED) is 0.452. The first-order valence-electron chi connectivity index (χ1n) is 7.51. The Hall–Kier alpha value is -2.88. The number of hydrogen-bond acceptors (Lipinski definition) is 3. The molecule has 2 aromatic carbocycles. The lowest BCUT2D eigenvalue weighted by Crippen LogP contribution is -2.18. The SMILES string of the molecule is CCOC(=O)C(=O)c1c(-c2ccccc2)[nH]c2ccc(C)cc12. The summed E-state index contributed by atoms with van der Waals surface area (Å²) in [4.78, 5) is 27.8. The lowest BCUT2D eigenvalue weighted by molar-refractivity contribution is -0.137. The molecule has 0 aliphatic heterocycles. The van der Waals surface area contributed by atoms with Crippen molar-refractivity contribution in [2.24, 2.45) is 0 Å². The van der Waals surface area contributed by atoms with Crippen molar-refractivity contribution >= 4 is 22.7 Å². The third-order valence-electron chi connectivity index (χ3n) is 3.70. The molecule has 0 unspecified atom stereocenters. The van der Waals surface area contributed by atoms with Crippen molar-refractivity contribution in [2.75, 3.05) is 6.61 Å². The molecular formula is C19H17NO3. The molecule has 0 spiro atoms. The zero-order valence-electron chi connectivity index (χ0n) is 13.1. The van der Waals surface area contributed by atoms with E-state index < -0.39 is 11.8 Å². The molecule has 116 valence electrons. The number of H-pyrrole nitrogens is 1. The van der Waals surface area contributed by atoms with E-state index in [1.807, 2.05) is 55.5 Å². The number of ketones is 1. The second kappa shape index (κ2) is 6.08. The number of esters is 1. The van der Waals surface area contributed by atoms with Crippen LogP contribution in [-0.4, -0.2) is 23.3 Å². The first kappa shape index (κ1) is 15.0. The third-order valence-corrected chi connectivity index (χ3v) is 3.70. The Labute approximate surface area is 134 Å². The van der Waals surface area contributed by atoms with Gasteiger partial charge in [-0.2, -0.15) is 0 Å².